The maximum absolute atomic E-state index is 12.9. The second kappa shape index (κ2) is 9.24. The summed E-state index contributed by atoms with van der Waals surface area (Å²) in [6.07, 6.45) is -5.00. The molecule has 1 aliphatic heterocycles. The van der Waals surface area contributed by atoms with Crippen molar-refractivity contribution in [1.29, 1.82) is 0 Å². The minimum absolute atomic E-state index is 0.162. The van der Waals surface area contributed by atoms with Crippen LogP contribution in [0.5, 0.6) is 5.75 Å². The van der Waals surface area contributed by atoms with Crippen LogP contribution in [-0.2, 0) is 6.18 Å². The van der Waals surface area contributed by atoms with Gasteiger partial charge in [-0.15, -0.1) is 0 Å². The van der Waals surface area contributed by atoms with Gasteiger partial charge in [0.25, 0.3) is 0 Å². The third kappa shape index (κ3) is 6.01. The number of aryl methyl sites for hydroxylation is 1. The monoisotopic (exact) mass is 428 g/mol. The Bertz CT molecular complexity index is 824. The summed E-state index contributed by atoms with van der Waals surface area (Å²) in [5.74, 6) is 0.653. The first kappa shape index (κ1) is 21.7. The highest BCUT2D eigenvalue weighted by atomic mass is 35.5. The lowest BCUT2D eigenvalue weighted by Gasteiger charge is -2.37. The van der Waals surface area contributed by atoms with E-state index in [0.717, 1.165) is 11.6 Å². The molecule has 1 N–H and O–H groups in total. The lowest BCUT2D eigenvalue weighted by Crippen LogP contribution is -2.49. The SMILES string of the molecule is Cc1cc(OCC(O)CN2CCN(c3cccc(C(F)(F)F)c3)CC2)ccc1Cl. The first-order valence-corrected chi connectivity index (χ1v) is 9.82. The van der Waals surface area contributed by atoms with Crippen LogP contribution in [0.25, 0.3) is 0 Å². The number of nitrogens with zero attached hydrogens (tertiary/aromatic N) is 2. The number of aliphatic hydroxyl groups is 1. The molecule has 0 bridgehead atoms. The number of hydrogen-bond donors (Lipinski definition) is 1. The molecule has 1 atom stereocenters. The fourth-order valence-corrected chi connectivity index (χ4v) is 3.44. The van der Waals surface area contributed by atoms with Crippen molar-refractivity contribution in [1.82, 2.24) is 4.90 Å². The Morgan fingerprint density at radius 2 is 1.83 bits per heavy atom. The lowest BCUT2D eigenvalue weighted by molar-refractivity contribution is -0.137. The highest BCUT2D eigenvalue weighted by Gasteiger charge is 2.31. The number of benzene rings is 2. The van der Waals surface area contributed by atoms with E-state index in [-0.39, 0.29) is 6.61 Å². The van der Waals surface area contributed by atoms with Crippen molar-refractivity contribution in [2.45, 2.75) is 19.2 Å². The van der Waals surface area contributed by atoms with E-state index >= 15 is 0 Å². The molecule has 0 aliphatic carbocycles. The van der Waals surface area contributed by atoms with Crippen molar-refractivity contribution in [2.75, 3.05) is 44.2 Å². The number of rotatable bonds is 6. The Kier molecular flexibility index (Phi) is 6.93. The van der Waals surface area contributed by atoms with Crippen LogP contribution in [0.1, 0.15) is 11.1 Å². The molecule has 8 heteroatoms. The van der Waals surface area contributed by atoms with Gasteiger partial charge in [-0.1, -0.05) is 17.7 Å². The largest absolute Gasteiger partial charge is 0.491 e. The highest BCUT2D eigenvalue weighted by molar-refractivity contribution is 6.31. The Balaban J connectivity index is 1.46. The Labute approximate surface area is 173 Å². The molecule has 29 heavy (non-hydrogen) atoms. The van der Waals surface area contributed by atoms with E-state index in [1.54, 1.807) is 18.2 Å². The summed E-state index contributed by atoms with van der Waals surface area (Å²) in [7, 11) is 0. The predicted molar refractivity (Wildman–Crippen MR) is 108 cm³/mol. The van der Waals surface area contributed by atoms with E-state index < -0.39 is 17.8 Å². The van der Waals surface area contributed by atoms with E-state index in [0.29, 0.717) is 49.2 Å². The fraction of sp³-hybridized carbons (Fsp3) is 0.429. The number of β-amino-alcohol motifs (C(OH)–C–C–N with tert-alkyl or cyclic N) is 1. The van der Waals surface area contributed by atoms with E-state index in [4.69, 9.17) is 16.3 Å². The molecule has 1 heterocycles. The average molecular weight is 429 g/mol. The molecular weight excluding hydrogens is 405 g/mol. The molecule has 4 nitrogen and oxygen atoms in total. The Morgan fingerprint density at radius 1 is 1.10 bits per heavy atom. The van der Waals surface area contributed by atoms with Gasteiger partial charge in [0.15, 0.2) is 0 Å². The summed E-state index contributed by atoms with van der Waals surface area (Å²) in [4.78, 5) is 4.02. The first-order valence-electron chi connectivity index (χ1n) is 9.44. The zero-order valence-electron chi connectivity index (χ0n) is 16.1. The van der Waals surface area contributed by atoms with Gasteiger partial charge in [0.05, 0.1) is 5.56 Å². The second-order valence-electron chi connectivity index (χ2n) is 7.21. The summed E-state index contributed by atoms with van der Waals surface area (Å²) in [5, 5.41) is 10.9. The van der Waals surface area contributed by atoms with Gasteiger partial charge in [-0.05, 0) is 48.9 Å². The predicted octanol–water partition coefficient (Wildman–Crippen LogP) is 4.23. The quantitative estimate of drug-likeness (QED) is 0.747. The van der Waals surface area contributed by atoms with E-state index in [1.165, 1.54) is 12.1 Å². The van der Waals surface area contributed by atoms with Crippen LogP contribution in [0.15, 0.2) is 42.5 Å². The summed E-state index contributed by atoms with van der Waals surface area (Å²) in [5.41, 5.74) is 0.841. The Morgan fingerprint density at radius 3 is 2.48 bits per heavy atom. The molecule has 3 rings (SSSR count). The van der Waals surface area contributed by atoms with E-state index in [2.05, 4.69) is 4.90 Å². The van der Waals surface area contributed by atoms with Crippen LogP contribution in [0, 0.1) is 6.92 Å². The Hall–Kier alpha value is -1.96. The molecule has 158 valence electrons. The smallest absolute Gasteiger partial charge is 0.416 e. The standard InChI is InChI=1S/C21H24ClF3N2O2/c1-15-11-19(5-6-20(15)22)29-14-18(28)13-26-7-9-27(10-8-26)17-4-2-3-16(12-17)21(23,24)25/h2-6,11-12,18,28H,7-10,13-14H2,1H3. The first-order chi connectivity index (χ1) is 13.7. The number of ether oxygens (including phenoxy) is 1. The average Bonchev–Trinajstić information content (AvgIpc) is 2.69. The summed E-state index contributed by atoms with van der Waals surface area (Å²) in [6, 6.07) is 10.7. The molecule has 2 aromatic carbocycles. The maximum Gasteiger partial charge on any atom is 0.416 e. The third-order valence-corrected chi connectivity index (χ3v) is 5.38. The normalized spacial score (nSPS) is 16.7. The minimum atomic E-state index is -4.34. The van der Waals surface area contributed by atoms with Crippen molar-refractivity contribution in [3.63, 3.8) is 0 Å². The number of halogens is 4. The number of piperazine rings is 1. The lowest BCUT2D eigenvalue weighted by atomic mass is 10.1. The molecule has 2 aromatic rings. The number of alkyl halides is 3. The molecule has 1 unspecified atom stereocenters. The van der Waals surface area contributed by atoms with Gasteiger partial charge in [0.1, 0.15) is 18.5 Å². The summed E-state index contributed by atoms with van der Waals surface area (Å²) < 4.78 is 44.3. The molecular formula is C21H24ClF3N2O2. The molecule has 0 spiro atoms. The van der Waals surface area contributed by atoms with Gasteiger partial charge in [-0.25, -0.2) is 0 Å². The molecule has 1 fully saturated rings. The molecule has 0 radical (unpaired) electrons. The molecule has 0 aromatic heterocycles. The molecule has 0 saturated carbocycles. The maximum atomic E-state index is 12.9. The van der Waals surface area contributed by atoms with Gasteiger partial charge >= 0.3 is 6.18 Å². The van der Waals surface area contributed by atoms with Gasteiger partial charge in [0.2, 0.25) is 0 Å². The molecule has 1 saturated heterocycles. The summed E-state index contributed by atoms with van der Waals surface area (Å²) in [6.45, 7) is 5.02. The van der Waals surface area contributed by atoms with Crippen LogP contribution in [0.4, 0.5) is 18.9 Å². The number of anilines is 1. The van der Waals surface area contributed by atoms with Gasteiger partial charge in [-0.2, -0.15) is 13.2 Å². The van der Waals surface area contributed by atoms with Crippen molar-refractivity contribution in [2.24, 2.45) is 0 Å². The van der Waals surface area contributed by atoms with Gasteiger partial charge < -0.3 is 14.7 Å². The zero-order chi connectivity index (χ0) is 21.0. The molecule has 1 aliphatic rings. The van der Waals surface area contributed by atoms with Crippen LogP contribution in [0.3, 0.4) is 0 Å². The fourth-order valence-electron chi connectivity index (χ4n) is 3.32. The summed E-state index contributed by atoms with van der Waals surface area (Å²) >= 11 is 5.99. The number of hydrogen-bond acceptors (Lipinski definition) is 4. The van der Waals surface area contributed by atoms with Crippen LogP contribution in [0.2, 0.25) is 5.02 Å². The topological polar surface area (TPSA) is 35.9 Å². The number of aliphatic hydroxyl groups excluding tert-OH is 1. The van der Waals surface area contributed by atoms with Crippen molar-refractivity contribution < 1.29 is 23.0 Å². The van der Waals surface area contributed by atoms with Crippen LogP contribution >= 0.6 is 11.6 Å². The van der Waals surface area contributed by atoms with Crippen molar-refractivity contribution in [3.8, 4) is 5.75 Å². The zero-order valence-corrected chi connectivity index (χ0v) is 16.9. The highest BCUT2D eigenvalue weighted by Crippen LogP contribution is 2.31. The van der Waals surface area contributed by atoms with E-state index in [9.17, 15) is 18.3 Å². The van der Waals surface area contributed by atoms with Gasteiger partial charge in [-0.3, -0.25) is 4.90 Å². The second-order valence-corrected chi connectivity index (χ2v) is 7.62. The van der Waals surface area contributed by atoms with Crippen LogP contribution in [-0.4, -0.2) is 55.4 Å². The third-order valence-electron chi connectivity index (χ3n) is 4.95. The van der Waals surface area contributed by atoms with E-state index in [1.807, 2.05) is 17.9 Å². The van der Waals surface area contributed by atoms with Crippen LogP contribution < -0.4 is 9.64 Å². The minimum Gasteiger partial charge on any atom is -0.491 e. The molecule has 0 amide bonds. The van der Waals surface area contributed by atoms with Crippen molar-refractivity contribution >= 4 is 17.3 Å². The van der Waals surface area contributed by atoms with Crippen molar-refractivity contribution in [3.05, 3.63) is 58.6 Å². The van der Waals surface area contributed by atoms with Gasteiger partial charge in [0, 0.05) is 43.4 Å².